The third-order valence-corrected chi connectivity index (χ3v) is 6.42. The second-order valence-corrected chi connectivity index (χ2v) is 8.29. The molecule has 2 heterocycles. The number of benzene rings is 3. The molecule has 2 aliphatic rings. The second kappa shape index (κ2) is 7.75. The van der Waals surface area contributed by atoms with Crippen molar-refractivity contribution in [2.45, 2.75) is 24.9 Å². The smallest absolute Gasteiger partial charge is 0.233 e. The average Bonchev–Trinajstić information content (AvgIpc) is 2.90. The van der Waals surface area contributed by atoms with Gasteiger partial charge < -0.3 is 15.0 Å². The van der Waals surface area contributed by atoms with E-state index in [4.69, 9.17) is 16.3 Å². The van der Waals surface area contributed by atoms with Gasteiger partial charge in [-0.2, -0.15) is 0 Å². The molecule has 3 aromatic carbocycles. The number of halogens is 1. The summed E-state index contributed by atoms with van der Waals surface area (Å²) in [5.41, 5.74) is 4.14. The van der Waals surface area contributed by atoms with Crippen LogP contribution in [0.5, 0.6) is 5.75 Å². The van der Waals surface area contributed by atoms with Gasteiger partial charge in [0, 0.05) is 23.8 Å². The third-order valence-electron chi connectivity index (χ3n) is 6.10. The number of anilines is 1. The average molecular weight is 433 g/mol. The van der Waals surface area contributed by atoms with Crippen LogP contribution in [-0.2, 0) is 22.7 Å². The molecule has 0 aliphatic carbocycles. The van der Waals surface area contributed by atoms with Gasteiger partial charge in [0.1, 0.15) is 5.75 Å². The molecule has 1 unspecified atom stereocenters. The first-order chi connectivity index (χ1) is 15.1. The quantitative estimate of drug-likeness (QED) is 0.652. The number of carbonyl (C=O) groups excluding carboxylic acids is 2. The summed E-state index contributed by atoms with van der Waals surface area (Å²) in [5.74, 6) is -0.787. The van der Waals surface area contributed by atoms with Crippen LogP contribution in [0.15, 0.2) is 66.7 Å². The van der Waals surface area contributed by atoms with Crippen molar-refractivity contribution in [1.29, 1.82) is 0 Å². The number of nitrogens with one attached hydrogen (secondary N) is 1. The van der Waals surface area contributed by atoms with Gasteiger partial charge in [0.25, 0.3) is 0 Å². The van der Waals surface area contributed by atoms with Crippen molar-refractivity contribution in [3.8, 4) is 5.75 Å². The Kier molecular flexibility index (Phi) is 4.91. The highest BCUT2D eigenvalue weighted by molar-refractivity contribution is 6.32. The lowest BCUT2D eigenvalue weighted by Crippen LogP contribution is -2.40. The highest BCUT2D eigenvalue weighted by atomic mass is 35.5. The van der Waals surface area contributed by atoms with Crippen LogP contribution < -0.4 is 10.1 Å². The highest BCUT2D eigenvalue weighted by Gasteiger charge is 2.46. The number of hydrogen-bond acceptors (Lipinski definition) is 3. The van der Waals surface area contributed by atoms with E-state index in [9.17, 15) is 9.59 Å². The lowest BCUT2D eigenvalue weighted by atomic mass is 9.76. The Bertz CT molecular complexity index is 1180. The number of fused-ring (bicyclic) bond motifs is 5. The van der Waals surface area contributed by atoms with Crippen molar-refractivity contribution in [2.75, 3.05) is 12.4 Å². The number of hydrogen-bond donors (Lipinski definition) is 1. The van der Waals surface area contributed by atoms with Gasteiger partial charge in [0.15, 0.2) is 0 Å². The first-order valence-electron chi connectivity index (χ1n) is 10.2. The van der Waals surface area contributed by atoms with Gasteiger partial charge in [-0.3, -0.25) is 9.59 Å². The number of methoxy groups -OCH3 is 1. The van der Waals surface area contributed by atoms with E-state index in [-0.39, 0.29) is 11.8 Å². The molecule has 2 amide bonds. The number of carbonyl (C=O) groups is 2. The topological polar surface area (TPSA) is 58.6 Å². The predicted octanol–water partition coefficient (Wildman–Crippen LogP) is 4.71. The number of para-hydroxylation sites is 1. The summed E-state index contributed by atoms with van der Waals surface area (Å²) >= 11 is 6.59. The number of rotatable bonds is 3. The van der Waals surface area contributed by atoms with Crippen LogP contribution in [0.3, 0.4) is 0 Å². The van der Waals surface area contributed by atoms with Gasteiger partial charge in [-0.15, -0.1) is 0 Å². The molecule has 0 spiro atoms. The van der Waals surface area contributed by atoms with E-state index in [0.717, 1.165) is 28.0 Å². The fraction of sp³-hybridized carbons (Fsp3) is 0.200. The van der Waals surface area contributed by atoms with Crippen molar-refractivity contribution in [3.63, 3.8) is 0 Å². The minimum atomic E-state index is -0.660. The molecule has 5 nitrogen and oxygen atoms in total. The lowest BCUT2D eigenvalue weighted by molar-refractivity contribution is -0.136. The largest absolute Gasteiger partial charge is 0.497 e. The minimum absolute atomic E-state index is 0.0737. The van der Waals surface area contributed by atoms with E-state index >= 15 is 0 Å². The van der Waals surface area contributed by atoms with Crippen molar-refractivity contribution >= 4 is 29.1 Å². The summed E-state index contributed by atoms with van der Waals surface area (Å²) in [6.45, 7) is 0.824. The summed E-state index contributed by atoms with van der Waals surface area (Å²) in [7, 11) is 1.62. The minimum Gasteiger partial charge on any atom is -0.497 e. The first-order valence-corrected chi connectivity index (χ1v) is 10.5. The van der Waals surface area contributed by atoms with E-state index in [1.807, 2.05) is 65.6 Å². The molecule has 0 aromatic heterocycles. The normalized spacial score (nSPS) is 19.6. The SMILES string of the molecule is COc1ccc(CN2Cc3cccc(Cl)c3[C@@H]3C(=O)Nc4ccccc4C3C2=O)cc1. The van der Waals surface area contributed by atoms with Crippen molar-refractivity contribution in [3.05, 3.63) is 94.0 Å². The molecule has 2 atom stereocenters. The maximum absolute atomic E-state index is 13.9. The third kappa shape index (κ3) is 3.35. The predicted molar refractivity (Wildman–Crippen MR) is 119 cm³/mol. The van der Waals surface area contributed by atoms with Crippen molar-refractivity contribution in [1.82, 2.24) is 4.90 Å². The summed E-state index contributed by atoms with van der Waals surface area (Å²) in [6.07, 6.45) is 0. The molecule has 31 heavy (non-hydrogen) atoms. The summed E-state index contributed by atoms with van der Waals surface area (Å²) < 4.78 is 5.24. The van der Waals surface area contributed by atoms with E-state index in [0.29, 0.717) is 23.8 Å². The van der Waals surface area contributed by atoms with Crippen LogP contribution in [-0.4, -0.2) is 23.8 Å². The molecular formula is C25H21ClN2O3. The molecule has 0 radical (unpaired) electrons. The molecule has 1 N–H and O–H groups in total. The molecule has 2 aliphatic heterocycles. The van der Waals surface area contributed by atoms with Crippen LogP contribution in [0.1, 0.15) is 34.1 Å². The zero-order valence-corrected chi connectivity index (χ0v) is 17.7. The molecule has 5 rings (SSSR count). The van der Waals surface area contributed by atoms with Gasteiger partial charge in [-0.05, 0) is 46.5 Å². The fourth-order valence-corrected chi connectivity index (χ4v) is 4.94. The summed E-state index contributed by atoms with van der Waals surface area (Å²) in [4.78, 5) is 28.9. The fourth-order valence-electron chi connectivity index (χ4n) is 4.63. The molecule has 6 heteroatoms. The zero-order chi connectivity index (χ0) is 21.5. The maximum Gasteiger partial charge on any atom is 0.233 e. The Labute approximate surface area is 185 Å². The first kappa shape index (κ1) is 19.6. The molecule has 3 aromatic rings. The lowest BCUT2D eigenvalue weighted by Gasteiger charge is -2.33. The Morgan fingerprint density at radius 1 is 1.00 bits per heavy atom. The molecule has 0 saturated carbocycles. The molecular weight excluding hydrogens is 412 g/mol. The van der Waals surface area contributed by atoms with Crippen molar-refractivity contribution in [2.24, 2.45) is 0 Å². The van der Waals surface area contributed by atoms with Gasteiger partial charge in [-0.1, -0.05) is 54.1 Å². The van der Waals surface area contributed by atoms with Crippen LogP contribution in [0.2, 0.25) is 5.02 Å². The Balaban J connectivity index is 1.63. The van der Waals surface area contributed by atoms with Gasteiger partial charge >= 0.3 is 0 Å². The maximum atomic E-state index is 13.9. The van der Waals surface area contributed by atoms with Crippen LogP contribution in [0, 0.1) is 0 Å². The number of ether oxygens (including phenoxy) is 1. The van der Waals surface area contributed by atoms with Crippen LogP contribution >= 0.6 is 11.6 Å². The summed E-state index contributed by atoms with van der Waals surface area (Å²) in [6, 6.07) is 20.8. The zero-order valence-electron chi connectivity index (χ0n) is 17.0. The Hall–Kier alpha value is -3.31. The van der Waals surface area contributed by atoms with E-state index in [1.54, 1.807) is 13.2 Å². The van der Waals surface area contributed by atoms with Gasteiger partial charge in [0.2, 0.25) is 11.8 Å². The molecule has 156 valence electrons. The Morgan fingerprint density at radius 2 is 1.77 bits per heavy atom. The number of amides is 2. The standard InChI is InChI=1S/C25H21ClN2O3/c1-31-17-11-9-15(10-12-17)13-28-14-16-5-4-7-19(26)21(16)23-22(25(28)30)18-6-2-3-8-20(18)27-24(23)29/h2-12,22-23H,13-14H2,1H3,(H,27,29)/t22?,23-/m0/s1. The summed E-state index contributed by atoms with van der Waals surface area (Å²) in [5, 5.41) is 3.49. The van der Waals surface area contributed by atoms with E-state index in [1.165, 1.54) is 0 Å². The van der Waals surface area contributed by atoms with E-state index in [2.05, 4.69) is 5.32 Å². The highest BCUT2D eigenvalue weighted by Crippen LogP contribution is 2.47. The molecule has 0 fully saturated rings. The Morgan fingerprint density at radius 3 is 2.55 bits per heavy atom. The second-order valence-electron chi connectivity index (χ2n) is 7.89. The van der Waals surface area contributed by atoms with Gasteiger partial charge in [0.05, 0.1) is 18.9 Å². The van der Waals surface area contributed by atoms with Gasteiger partial charge in [-0.25, -0.2) is 0 Å². The molecule has 0 bridgehead atoms. The van der Waals surface area contributed by atoms with E-state index < -0.39 is 11.8 Å². The van der Waals surface area contributed by atoms with Crippen LogP contribution in [0.25, 0.3) is 0 Å². The monoisotopic (exact) mass is 432 g/mol. The van der Waals surface area contributed by atoms with Crippen LogP contribution in [0.4, 0.5) is 5.69 Å². The van der Waals surface area contributed by atoms with Crippen molar-refractivity contribution < 1.29 is 14.3 Å². The molecule has 0 saturated heterocycles. The number of nitrogens with zero attached hydrogens (tertiary/aromatic N) is 1.